The Bertz CT molecular complexity index is 1240. The Morgan fingerprint density at radius 3 is 2.72 bits per heavy atom. The second-order valence-electron chi connectivity index (χ2n) is 6.22. The molecule has 4 aromatic rings. The number of ether oxygens (including phenoxy) is 2. The second-order valence-corrected chi connectivity index (χ2v) is 6.58. The van der Waals surface area contributed by atoms with Crippen LogP contribution in [0, 0.1) is 0 Å². The van der Waals surface area contributed by atoms with Crippen LogP contribution < -0.4 is 4.74 Å². The van der Waals surface area contributed by atoms with Gasteiger partial charge in [-0.2, -0.15) is 0 Å². The van der Waals surface area contributed by atoms with Gasteiger partial charge in [0.25, 0.3) is 0 Å². The first-order valence-corrected chi connectivity index (χ1v) is 9.20. The van der Waals surface area contributed by atoms with Gasteiger partial charge in [0, 0.05) is 23.1 Å². The van der Waals surface area contributed by atoms with E-state index in [1.807, 2.05) is 42.5 Å². The van der Waals surface area contributed by atoms with Crippen LogP contribution in [0.2, 0.25) is 5.15 Å². The lowest BCUT2D eigenvalue weighted by Gasteiger charge is -2.07. The number of hydrogen-bond acceptors (Lipinski definition) is 6. The summed E-state index contributed by atoms with van der Waals surface area (Å²) >= 11 is 6.23. The Morgan fingerprint density at radius 1 is 1.07 bits per heavy atom. The first-order chi connectivity index (χ1) is 14.1. The number of methoxy groups -OCH3 is 1. The van der Waals surface area contributed by atoms with Crippen molar-refractivity contribution < 1.29 is 14.3 Å². The van der Waals surface area contributed by atoms with Gasteiger partial charge < -0.3 is 9.47 Å². The molecule has 144 valence electrons. The second kappa shape index (κ2) is 8.24. The van der Waals surface area contributed by atoms with Gasteiger partial charge in [-0.05, 0) is 36.4 Å². The average Bonchev–Trinajstić information content (AvgIpc) is 2.75. The van der Waals surface area contributed by atoms with E-state index in [1.165, 1.54) is 6.08 Å². The van der Waals surface area contributed by atoms with E-state index in [0.29, 0.717) is 22.5 Å². The molecule has 7 heteroatoms. The number of pyridine rings is 1. The molecule has 0 amide bonds. The third-order valence-corrected chi connectivity index (χ3v) is 4.61. The van der Waals surface area contributed by atoms with Crippen molar-refractivity contribution >= 4 is 45.6 Å². The van der Waals surface area contributed by atoms with Crippen LogP contribution in [0.4, 0.5) is 0 Å². The number of carbonyl (C=O) groups is 1. The van der Waals surface area contributed by atoms with Crippen molar-refractivity contribution in [1.82, 2.24) is 15.0 Å². The van der Waals surface area contributed by atoms with E-state index in [0.717, 1.165) is 16.4 Å². The summed E-state index contributed by atoms with van der Waals surface area (Å²) in [5.74, 6) is 0.188. The van der Waals surface area contributed by atoms with E-state index < -0.39 is 5.97 Å². The van der Waals surface area contributed by atoms with E-state index in [9.17, 15) is 4.79 Å². The van der Waals surface area contributed by atoms with Gasteiger partial charge >= 0.3 is 5.97 Å². The van der Waals surface area contributed by atoms with Crippen molar-refractivity contribution in [3.63, 3.8) is 0 Å². The van der Waals surface area contributed by atoms with Crippen LogP contribution in [0.1, 0.15) is 11.3 Å². The number of carbonyl (C=O) groups excluding carboxylic acids is 1. The minimum absolute atomic E-state index is 0.0143. The fourth-order valence-electron chi connectivity index (χ4n) is 2.80. The highest BCUT2D eigenvalue weighted by Crippen LogP contribution is 2.24. The Kier molecular flexibility index (Phi) is 5.35. The lowest BCUT2D eigenvalue weighted by molar-refractivity contribution is -0.138. The molecule has 0 spiro atoms. The van der Waals surface area contributed by atoms with Gasteiger partial charge in [-0.1, -0.05) is 23.7 Å². The quantitative estimate of drug-likeness (QED) is 0.274. The highest BCUT2D eigenvalue weighted by Gasteiger charge is 2.08. The molecule has 0 saturated heterocycles. The van der Waals surface area contributed by atoms with Crippen LogP contribution in [0.5, 0.6) is 5.75 Å². The number of rotatable bonds is 5. The highest BCUT2D eigenvalue weighted by atomic mass is 35.5. The number of benzene rings is 2. The Balaban J connectivity index is 1.44. The molecule has 0 N–H and O–H groups in total. The molecular weight excluding hydrogens is 390 g/mol. The maximum Gasteiger partial charge on any atom is 0.331 e. The molecule has 0 radical (unpaired) electrons. The van der Waals surface area contributed by atoms with E-state index >= 15 is 0 Å². The van der Waals surface area contributed by atoms with Gasteiger partial charge in [0.1, 0.15) is 17.5 Å². The maximum absolute atomic E-state index is 12.1. The molecule has 6 nitrogen and oxygen atoms in total. The zero-order valence-corrected chi connectivity index (χ0v) is 16.3. The summed E-state index contributed by atoms with van der Waals surface area (Å²) in [5, 5.41) is 1.16. The predicted octanol–water partition coefficient (Wildman–Crippen LogP) is 4.60. The van der Waals surface area contributed by atoms with Crippen LogP contribution in [0.3, 0.4) is 0 Å². The summed E-state index contributed by atoms with van der Waals surface area (Å²) in [4.78, 5) is 25.2. The smallest absolute Gasteiger partial charge is 0.331 e. The minimum Gasteiger partial charge on any atom is -0.497 e. The number of hydrogen-bond donors (Lipinski definition) is 0. The van der Waals surface area contributed by atoms with Crippen molar-refractivity contribution in [2.75, 3.05) is 7.11 Å². The van der Waals surface area contributed by atoms with Gasteiger partial charge in [0.2, 0.25) is 0 Å². The number of aromatic nitrogens is 3. The molecule has 4 rings (SSSR count). The molecule has 29 heavy (non-hydrogen) atoms. The van der Waals surface area contributed by atoms with Crippen molar-refractivity contribution in [2.24, 2.45) is 0 Å². The number of esters is 1. The first kappa shape index (κ1) is 18.8. The Morgan fingerprint density at radius 2 is 1.90 bits per heavy atom. The molecule has 0 aliphatic carbocycles. The van der Waals surface area contributed by atoms with Gasteiger partial charge in [-0.3, -0.25) is 4.98 Å². The summed E-state index contributed by atoms with van der Waals surface area (Å²) in [5.41, 5.74) is 3.45. The summed E-state index contributed by atoms with van der Waals surface area (Å²) in [6, 6.07) is 14.9. The molecule has 0 fully saturated rings. The van der Waals surface area contributed by atoms with E-state index in [1.54, 1.807) is 25.4 Å². The highest BCUT2D eigenvalue weighted by molar-refractivity contribution is 6.30. The number of halogens is 1. The third kappa shape index (κ3) is 4.33. The third-order valence-electron chi connectivity index (χ3n) is 4.28. The SMILES string of the molecule is COc1ccc2cc(COC(=O)C=Cc3cnc4ccccc4n3)c(Cl)nc2c1. The minimum atomic E-state index is -0.508. The fourth-order valence-corrected chi connectivity index (χ4v) is 3.00. The lowest BCUT2D eigenvalue weighted by atomic mass is 10.1. The normalized spacial score (nSPS) is 11.2. The Labute approximate surface area is 171 Å². The number of nitrogens with zero attached hydrogens (tertiary/aromatic N) is 3. The molecule has 0 bridgehead atoms. The summed E-state index contributed by atoms with van der Waals surface area (Å²) in [7, 11) is 1.59. The van der Waals surface area contributed by atoms with Gasteiger partial charge in [-0.15, -0.1) is 0 Å². The monoisotopic (exact) mass is 405 g/mol. The molecular formula is C22H16ClN3O3. The van der Waals surface area contributed by atoms with Crippen molar-refractivity contribution in [1.29, 1.82) is 0 Å². The van der Waals surface area contributed by atoms with Crippen molar-refractivity contribution in [2.45, 2.75) is 6.61 Å². The predicted molar refractivity (Wildman–Crippen MR) is 112 cm³/mol. The molecule has 0 aliphatic heterocycles. The zero-order valence-electron chi connectivity index (χ0n) is 15.5. The van der Waals surface area contributed by atoms with Crippen molar-refractivity contribution in [3.05, 3.63) is 77.2 Å². The number of para-hydroxylation sites is 2. The van der Waals surface area contributed by atoms with E-state index in [-0.39, 0.29) is 11.8 Å². The van der Waals surface area contributed by atoms with E-state index in [2.05, 4.69) is 15.0 Å². The van der Waals surface area contributed by atoms with Gasteiger partial charge in [-0.25, -0.2) is 14.8 Å². The van der Waals surface area contributed by atoms with Gasteiger partial charge in [0.15, 0.2) is 0 Å². The summed E-state index contributed by atoms with van der Waals surface area (Å²) in [6.45, 7) is 0.0143. The standard InChI is InChI=1S/C22H16ClN3O3/c1-28-17-8-6-14-10-15(22(23)26-20(14)11-17)13-29-21(27)9-7-16-12-24-18-4-2-3-5-19(18)25-16/h2-12H,13H2,1H3. The van der Waals surface area contributed by atoms with E-state index in [4.69, 9.17) is 21.1 Å². The molecule has 2 aromatic carbocycles. The van der Waals surface area contributed by atoms with Crippen LogP contribution >= 0.6 is 11.6 Å². The maximum atomic E-state index is 12.1. The number of fused-ring (bicyclic) bond motifs is 2. The van der Waals surface area contributed by atoms with Crippen LogP contribution in [0.25, 0.3) is 28.0 Å². The Hall–Kier alpha value is -3.51. The lowest BCUT2D eigenvalue weighted by Crippen LogP contribution is -2.02. The first-order valence-electron chi connectivity index (χ1n) is 8.82. The summed E-state index contributed by atoms with van der Waals surface area (Å²) < 4.78 is 10.5. The topological polar surface area (TPSA) is 74.2 Å². The average molecular weight is 406 g/mol. The zero-order chi connectivity index (χ0) is 20.2. The molecule has 0 aliphatic rings. The largest absolute Gasteiger partial charge is 0.497 e. The van der Waals surface area contributed by atoms with Crippen LogP contribution in [-0.4, -0.2) is 28.0 Å². The molecule has 2 aromatic heterocycles. The molecule has 2 heterocycles. The van der Waals surface area contributed by atoms with Gasteiger partial charge in [0.05, 0.1) is 35.6 Å². The fraction of sp³-hybridized carbons (Fsp3) is 0.0909. The van der Waals surface area contributed by atoms with Crippen LogP contribution in [-0.2, 0) is 16.1 Å². The molecule has 0 saturated carbocycles. The van der Waals surface area contributed by atoms with Crippen molar-refractivity contribution in [3.8, 4) is 5.75 Å². The molecule has 0 unspecified atom stereocenters. The van der Waals surface area contributed by atoms with Crippen LogP contribution in [0.15, 0.2) is 60.8 Å². The summed E-state index contributed by atoms with van der Waals surface area (Å²) in [6.07, 6.45) is 4.48. The molecule has 0 atom stereocenters.